The highest BCUT2D eigenvalue weighted by molar-refractivity contribution is 8.13. The highest BCUT2D eigenvalue weighted by Gasteiger charge is 2.28. The van der Waals surface area contributed by atoms with E-state index in [9.17, 15) is 0 Å². The van der Waals surface area contributed by atoms with Crippen LogP contribution in [-0.4, -0.2) is 62.3 Å². The van der Waals surface area contributed by atoms with Gasteiger partial charge in [0.15, 0.2) is 5.17 Å². The largest absolute Gasteiger partial charge is 0.383 e. The van der Waals surface area contributed by atoms with E-state index in [4.69, 9.17) is 4.74 Å². The van der Waals surface area contributed by atoms with Gasteiger partial charge in [-0.2, -0.15) is 0 Å². The standard InChI is InChI=1S/C14H29N3OS/c1-14(2,3)12-6-11-19-13(16-12)15-7-8-17(4)9-10-18-5/h12H,6-11H2,1-5H3,(H,15,16). The second-order valence-corrected chi connectivity index (χ2v) is 7.27. The maximum Gasteiger partial charge on any atom is 0.156 e. The lowest BCUT2D eigenvalue weighted by molar-refractivity contribution is 0.163. The Bertz CT molecular complexity index is 289. The van der Waals surface area contributed by atoms with Crippen molar-refractivity contribution >= 4 is 16.9 Å². The molecule has 1 aliphatic heterocycles. The molecule has 0 aromatic heterocycles. The van der Waals surface area contributed by atoms with Gasteiger partial charge < -0.3 is 15.0 Å². The number of methoxy groups -OCH3 is 1. The summed E-state index contributed by atoms with van der Waals surface area (Å²) < 4.78 is 5.07. The van der Waals surface area contributed by atoms with Crippen molar-refractivity contribution in [3.63, 3.8) is 0 Å². The molecule has 1 atom stereocenters. The van der Waals surface area contributed by atoms with E-state index >= 15 is 0 Å². The third-order valence-corrected chi connectivity index (χ3v) is 4.36. The van der Waals surface area contributed by atoms with E-state index in [1.165, 1.54) is 12.2 Å². The van der Waals surface area contributed by atoms with E-state index in [0.29, 0.717) is 11.5 Å². The van der Waals surface area contributed by atoms with E-state index in [-0.39, 0.29) is 0 Å². The fourth-order valence-electron chi connectivity index (χ4n) is 1.96. The molecule has 4 nitrogen and oxygen atoms in total. The Morgan fingerprint density at radius 1 is 1.42 bits per heavy atom. The van der Waals surface area contributed by atoms with Crippen LogP contribution in [0.5, 0.6) is 0 Å². The van der Waals surface area contributed by atoms with Crippen molar-refractivity contribution in [2.45, 2.75) is 33.2 Å². The van der Waals surface area contributed by atoms with Gasteiger partial charge in [-0.25, -0.2) is 0 Å². The van der Waals surface area contributed by atoms with Gasteiger partial charge in [0.2, 0.25) is 0 Å². The average molecular weight is 287 g/mol. The number of hydrogen-bond donors (Lipinski definition) is 1. The SMILES string of the molecule is COCCN(C)CCN=C1NC(C(C)(C)C)CCS1. The van der Waals surface area contributed by atoms with E-state index in [0.717, 1.165) is 31.4 Å². The fourth-order valence-corrected chi connectivity index (χ4v) is 2.91. The van der Waals surface area contributed by atoms with Gasteiger partial charge in [-0.3, -0.25) is 4.99 Å². The minimum absolute atomic E-state index is 0.303. The van der Waals surface area contributed by atoms with E-state index in [1.54, 1.807) is 7.11 Å². The predicted molar refractivity (Wildman–Crippen MR) is 85.1 cm³/mol. The number of thioether (sulfide) groups is 1. The number of hydrogen-bond acceptors (Lipinski definition) is 4. The van der Waals surface area contributed by atoms with E-state index in [1.807, 2.05) is 11.8 Å². The monoisotopic (exact) mass is 287 g/mol. The van der Waals surface area contributed by atoms with Crippen molar-refractivity contribution in [3.05, 3.63) is 0 Å². The second-order valence-electron chi connectivity index (χ2n) is 6.18. The predicted octanol–water partition coefficient (Wildman–Crippen LogP) is 2.06. The summed E-state index contributed by atoms with van der Waals surface area (Å²) in [6.07, 6.45) is 1.22. The number of likely N-dealkylation sites (N-methyl/N-ethyl adjacent to an activating group) is 1. The lowest BCUT2D eigenvalue weighted by atomic mass is 9.85. The maximum absolute atomic E-state index is 5.07. The van der Waals surface area contributed by atoms with Crippen molar-refractivity contribution in [1.82, 2.24) is 10.2 Å². The third kappa shape index (κ3) is 6.63. The molecule has 112 valence electrons. The zero-order valence-electron chi connectivity index (χ0n) is 13.0. The number of nitrogens with zero attached hydrogens (tertiary/aromatic N) is 2. The normalized spacial score (nSPS) is 22.8. The summed E-state index contributed by atoms with van der Waals surface area (Å²) in [4.78, 5) is 6.93. The molecule has 1 N–H and O–H groups in total. The van der Waals surface area contributed by atoms with Crippen LogP contribution in [0.25, 0.3) is 0 Å². The van der Waals surface area contributed by atoms with Crippen molar-refractivity contribution < 1.29 is 4.74 Å². The Labute approximate surface area is 122 Å². The third-order valence-electron chi connectivity index (χ3n) is 3.40. The molecular weight excluding hydrogens is 258 g/mol. The van der Waals surface area contributed by atoms with Gasteiger partial charge >= 0.3 is 0 Å². The Morgan fingerprint density at radius 2 is 2.16 bits per heavy atom. The molecule has 19 heavy (non-hydrogen) atoms. The van der Waals surface area contributed by atoms with Crippen LogP contribution in [0.15, 0.2) is 4.99 Å². The van der Waals surface area contributed by atoms with Crippen LogP contribution in [0.3, 0.4) is 0 Å². The van der Waals surface area contributed by atoms with Gasteiger partial charge in [0, 0.05) is 32.0 Å². The van der Waals surface area contributed by atoms with Crippen LogP contribution >= 0.6 is 11.8 Å². The quantitative estimate of drug-likeness (QED) is 0.811. The summed E-state index contributed by atoms with van der Waals surface area (Å²) in [6.45, 7) is 10.4. The van der Waals surface area contributed by atoms with Crippen LogP contribution in [0.1, 0.15) is 27.2 Å². The molecule has 1 unspecified atom stereocenters. The van der Waals surface area contributed by atoms with Crippen LogP contribution in [0, 0.1) is 5.41 Å². The first-order valence-electron chi connectivity index (χ1n) is 7.04. The second kappa shape index (κ2) is 8.12. The molecule has 1 saturated heterocycles. The average Bonchev–Trinajstić information content (AvgIpc) is 2.36. The molecule has 0 aliphatic carbocycles. The Kier molecular flexibility index (Phi) is 7.18. The van der Waals surface area contributed by atoms with Gasteiger partial charge in [-0.1, -0.05) is 32.5 Å². The molecule has 0 aromatic carbocycles. The van der Waals surface area contributed by atoms with Gasteiger partial charge in [-0.05, 0) is 18.9 Å². The summed E-state index contributed by atoms with van der Waals surface area (Å²) in [5.41, 5.74) is 0.303. The number of nitrogens with one attached hydrogen (secondary N) is 1. The molecule has 1 heterocycles. The molecule has 1 aliphatic rings. The summed E-state index contributed by atoms with van der Waals surface area (Å²) in [5.74, 6) is 1.17. The van der Waals surface area contributed by atoms with Crippen LogP contribution in [0.2, 0.25) is 0 Å². The summed E-state index contributed by atoms with van der Waals surface area (Å²) in [6, 6.07) is 0.540. The zero-order valence-corrected chi connectivity index (χ0v) is 13.8. The molecule has 1 rings (SSSR count). The number of rotatable bonds is 6. The maximum atomic E-state index is 5.07. The fraction of sp³-hybridized carbons (Fsp3) is 0.929. The molecule has 0 amide bonds. The molecule has 0 spiro atoms. The van der Waals surface area contributed by atoms with E-state index < -0.39 is 0 Å². The van der Waals surface area contributed by atoms with Crippen LogP contribution in [-0.2, 0) is 4.74 Å². The van der Waals surface area contributed by atoms with E-state index in [2.05, 4.69) is 43.0 Å². The summed E-state index contributed by atoms with van der Waals surface area (Å²) in [7, 11) is 3.85. The van der Waals surface area contributed by atoms with Gasteiger partial charge in [0.05, 0.1) is 13.2 Å². The summed E-state index contributed by atoms with van der Waals surface area (Å²) in [5, 5.41) is 4.70. The zero-order chi connectivity index (χ0) is 14.3. The Morgan fingerprint density at radius 3 is 2.79 bits per heavy atom. The Hall–Kier alpha value is -0.260. The highest BCUT2D eigenvalue weighted by atomic mass is 32.2. The minimum Gasteiger partial charge on any atom is -0.383 e. The number of aliphatic imine (C=N–C) groups is 1. The van der Waals surface area contributed by atoms with Gasteiger partial charge in [0.1, 0.15) is 0 Å². The molecule has 0 aromatic rings. The molecule has 0 radical (unpaired) electrons. The van der Waals surface area contributed by atoms with Crippen LogP contribution < -0.4 is 5.32 Å². The van der Waals surface area contributed by atoms with Gasteiger partial charge in [0.25, 0.3) is 0 Å². The number of amidine groups is 1. The molecule has 1 fully saturated rings. The first kappa shape index (κ1) is 16.8. The molecule has 0 saturated carbocycles. The minimum atomic E-state index is 0.303. The lowest BCUT2D eigenvalue weighted by Crippen LogP contribution is -2.46. The van der Waals surface area contributed by atoms with Crippen molar-refractivity contribution in [2.75, 3.05) is 46.2 Å². The topological polar surface area (TPSA) is 36.9 Å². The lowest BCUT2D eigenvalue weighted by Gasteiger charge is -2.35. The van der Waals surface area contributed by atoms with Crippen molar-refractivity contribution in [2.24, 2.45) is 10.4 Å². The molecular formula is C14H29N3OS. The van der Waals surface area contributed by atoms with Crippen molar-refractivity contribution in [1.29, 1.82) is 0 Å². The van der Waals surface area contributed by atoms with Crippen LogP contribution in [0.4, 0.5) is 0 Å². The molecule has 0 bridgehead atoms. The number of ether oxygens (including phenoxy) is 1. The van der Waals surface area contributed by atoms with Gasteiger partial charge in [-0.15, -0.1) is 0 Å². The first-order chi connectivity index (χ1) is 8.93. The van der Waals surface area contributed by atoms with Crippen molar-refractivity contribution in [3.8, 4) is 0 Å². The summed E-state index contributed by atoms with van der Waals surface area (Å²) >= 11 is 1.85. The molecule has 5 heteroatoms. The first-order valence-corrected chi connectivity index (χ1v) is 8.03. The smallest absolute Gasteiger partial charge is 0.156 e. The Balaban J connectivity index is 2.32. The highest BCUT2D eigenvalue weighted by Crippen LogP contribution is 2.27.